The van der Waals surface area contributed by atoms with E-state index in [4.69, 9.17) is 0 Å². The molecule has 6 heteroatoms. The Morgan fingerprint density at radius 3 is 2.71 bits per heavy atom. The average molecular weight is 309 g/mol. The van der Waals surface area contributed by atoms with Crippen LogP contribution in [0.2, 0.25) is 0 Å². The zero-order chi connectivity index (χ0) is 15.1. The van der Waals surface area contributed by atoms with E-state index in [9.17, 15) is 8.42 Å². The summed E-state index contributed by atoms with van der Waals surface area (Å²) in [6.07, 6.45) is 3.77. The van der Waals surface area contributed by atoms with Crippen molar-refractivity contribution >= 4 is 15.7 Å². The van der Waals surface area contributed by atoms with Gasteiger partial charge in [-0.3, -0.25) is 0 Å². The summed E-state index contributed by atoms with van der Waals surface area (Å²) in [4.78, 5) is 0.292. The van der Waals surface area contributed by atoms with Crippen molar-refractivity contribution in [3.63, 3.8) is 0 Å². The molecule has 0 amide bonds. The number of rotatable bonds is 7. The second-order valence-corrected chi connectivity index (χ2v) is 6.95. The van der Waals surface area contributed by atoms with Crippen molar-refractivity contribution in [2.45, 2.75) is 17.7 Å². The Balaban J connectivity index is 2.07. The van der Waals surface area contributed by atoms with Crippen LogP contribution in [0.4, 0.5) is 5.69 Å². The molecule has 0 atom stereocenters. The van der Waals surface area contributed by atoms with E-state index >= 15 is 0 Å². The Morgan fingerprint density at radius 2 is 2.00 bits per heavy atom. The molecule has 0 aliphatic carbocycles. The van der Waals surface area contributed by atoms with E-state index in [0.29, 0.717) is 16.5 Å². The summed E-state index contributed by atoms with van der Waals surface area (Å²) in [5.74, 6) is 0.586. The van der Waals surface area contributed by atoms with Crippen LogP contribution in [0.15, 0.2) is 41.8 Å². The lowest BCUT2D eigenvalue weighted by atomic mass is 9.98. The minimum atomic E-state index is -3.50. The summed E-state index contributed by atoms with van der Waals surface area (Å²) in [5.41, 5.74) is 0.660. The standard InChI is InChI=1S/C15H23N3O2S/c1-2-9-18-21(19,20)15-6-4-3-5-14(15)17-12-13-7-10-16-11-8-13/h2-6,13,16-18H,1,7-12H2. The molecule has 0 radical (unpaired) electrons. The molecule has 0 unspecified atom stereocenters. The van der Waals surface area contributed by atoms with Crippen molar-refractivity contribution in [3.05, 3.63) is 36.9 Å². The molecule has 1 aliphatic heterocycles. The Kier molecular flexibility index (Phi) is 5.78. The summed E-state index contributed by atoms with van der Waals surface area (Å²) in [7, 11) is -3.50. The van der Waals surface area contributed by atoms with Gasteiger partial charge in [-0.2, -0.15) is 0 Å². The SMILES string of the molecule is C=CCNS(=O)(=O)c1ccccc1NCC1CCNCC1. The lowest BCUT2D eigenvalue weighted by molar-refractivity contribution is 0.389. The van der Waals surface area contributed by atoms with Gasteiger partial charge in [-0.25, -0.2) is 13.1 Å². The fourth-order valence-corrected chi connectivity index (χ4v) is 3.61. The Bertz CT molecular complexity index is 566. The van der Waals surface area contributed by atoms with Crippen LogP contribution in [0.3, 0.4) is 0 Å². The monoisotopic (exact) mass is 309 g/mol. The van der Waals surface area contributed by atoms with E-state index < -0.39 is 10.0 Å². The van der Waals surface area contributed by atoms with E-state index in [1.807, 2.05) is 12.1 Å². The average Bonchev–Trinajstić information content (AvgIpc) is 2.52. The van der Waals surface area contributed by atoms with Gasteiger partial charge >= 0.3 is 0 Å². The van der Waals surface area contributed by atoms with Crippen LogP contribution in [0.5, 0.6) is 0 Å². The van der Waals surface area contributed by atoms with Gasteiger partial charge in [0.2, 0.25) is 10.0 Å². The van der Waals surface area contributed by atoms with Crippen LogP contribution in [-0.2, 0) is 10.0 Å². The van der Waals surface area contributed by atoms with Gasteiger partial charge in [-0.15, -0.1) is 6.58 Å². The molecule has 1 aromatic carbocycles. The summed E-state index contributed by atoms with van der Waals surface area (Å²) < 4.78 is 27.0. The second-order valence-electron chi connectivity index (χ2n) is 5.21. The molecule has 21 heavy (non-hydrogen) atoms. The third-order valence-electron chi connectivity index (χ3n) is 3.63. The first-order valence-corrected chi connectivity index (χ1v) is 8.76. The highest BCUT2D eigenvalue weighted by Crippen LogP contribution is 2.22. The van der Waals surface area contributed by atoms with E-state index in [1.54, 1.807) is 12.1 Å². The van der Waals surface area contributed by atoms with Crippen molar-refractivity contribution in [1.82, 2.24) is 10.0 Å². The summed E-state index contributed by atoms with van der Waals surface area (Å²) in [5, 5.41) is 6.62. The summed E-state index contributed by atoms with van der Waals surface area (Å²) >= 11 is 0. The van der Waals surface area contributed by atoms with Crippen molar-refractivity contribution < 1.29 is 8.42 Å². The van der Waals surface area contributed by atoms with Gasteiger partial charge in [0.05, 0.1) is 5.69 Å². The number of piperidine rings is 1. The van der Waals surface area contributed by atoms with Crippen LogP contribution in [0.25, 0.3) is 0 Å². The summed E-state index contributed by atoms with van der Waals surface area (Å²) in [6, 6.07) is 7.01. The van der Waals surface area contributed by atoms with Gasteiger partial charge in [-0.05, 0) is 44.0 Å². The first-order valence-electron chi connectivity index (χ1n) is 7.27. The minimum absolute atomic E-state index is 0.227. The highest BCUT2D eigenvalue weighted by Gasteiger charge is 2.18. The van der Waals surface area contributed by atoms with Gasteiger partial charge < -0.3 is 10.6 Å². The molecule has 0 spiro atoms. The highest BCUT2D eigenvalue weighted by atomic mass is 32.2. The largest absolute Gasteiger partial charge is 0.384 e. The number of hydrogen-bond acceptors (Lipinski definition) is 4. The summed E-state index contributed by atoms with van der Waals surface area (Å²) in [6.45, 7) is 6.63. The molecule has 1 saturated heterocycles. The van der Waals surface area contributed by atoms with Gasteiger partial charge in [0, 0.05) is 13.1 Å². The van der Waals surface area contributed by atoms with Crippen LogP contribution in [0, 0.1) is 5.92 Å². The quantitative estimate of drug-likeness (QED) is 0.669. The molecule has 5 nitrogen and oxygen atoms in total. The number of hydrogen-bond donors (Lipinski definition) is 3. The number of benzene rings is 1. The van der Waals surface area contributed by atoms with Gasteiger partial charge in [0.25, 0.3) is 0 Å². The zero-order valence-electron chi connectivity index (χ0n) is 12.1. The molecular formula is C15H23N3O2S. The van der Waals surface area contributed by atoms with Crippen molar-refractivity contribution in [2.75, 3.05) is 31.5 Å². The van der Waals surface area contributed by atoms with Gasteiger partial charge in [0.15, 0.2) is 0 Å². The highest BCUT2D eigenvalue weighted by molar-refractivity contribution is 7.89. The Labute approximate surface area is 126 Å². The minimum Gasteiger partial charge on any atom is -0.384 e. The normalized spacial score (nSPS) is 16.6. The third kappa shape index (κ3) is 4.56. The van der Waals surface area contributed by atoms with Crippen molar-refractivity contribution in [3.8, 4) is 0 Å². The predicted octanol–water partition coefficient (Wildman–Crippen LogP) is 1.56. The third-order valence-corrected chi connectivity index (χ3v) is 5.12. The number of sulfonamides is 1. The molecule has 0 bridgehead atoms. The molecule has 1 aromatic rings. The van der Waals surface area contributed by atoms with Gasteiger partial charge in [0.1, 0.15) is 4.90 Å². The molecule has 0 saturated carbocycles. The van der Waals surface area contributed by atoms with E-state index in [2.05, 4.69) is 21.9 Å². The molecule has 2 rings (SSSR count). The molecule has 1 aliphatic rings. The molecule has 3 N–H and O–H groups in total. The topological polar surface area (TPSA) is 70.2 Å². The molecule has 0 aromatic heterocycles. The lowest BCUT2D eigenvalue weighted by Crippen LogP contribution is -2.31. The van der Waals surface area contributed by atoms with Crippen LogP contribution >= 0.6 is 0 Å². The number of anilines is 1. The maximum Gasteiger partial charge on any atom is 0.242 e. The lowest BCUT2D eigenvalue weighted by Gasteiger charge is -2.23. The van der Waals surface area contributed by atoms with Crippen molar-refractivity contribution in [1.29, 1.82) is 0 Å². The Morgan fingerprint density at radius 1 is 1.29 bits per heavy atom. The van der Waals surface area contributed by atoms with Crippen molar-refractivity contribution in [2.24, 2.45) is 5.92 Å². The van der Waals surface area contributed by atoms with Crippen LogP contribution < -0.4 is 15.4 Å². The Hall–Kier alpha value is -1.37. The first-order chi connectivity index (χ1) is 10.1. The van der Waals surface area contributed by atoms with E-state index in [1.165, 1.54) is 6.08 Å². The smallest absolute Gasteiger partial charge is 0.242 e. The second kappa shape index (κ2) is 7.59. The molecular weight excluding hydrogens is 286 g/mol. The fourth-order valence-electron chi connectivity index (χ4n) is 2.43. The molecule has 116 valence electrons. The van der Waals surface area contributed by atoms with Crippen LogP contribution in [-0.4, -0.2) is 34.6 Å². The molecule has 1 heterocycles. The van der Waals surface area contributed by atoms with E-state index in [0.717, 1.165) is 32.5 Å². The number of nitrogens with one attached hydrogen (secondary N) is 3. The maximum absolute atomic E-state index is 12.3. The van der Waals surface area contributed by atoms with Crippen LogP contribution in [0.1, 0.15) is 12.8 Å². The van der Waals surface area contributed by atoms with Gasteiger partial charge in [-0.1, -0.05) is 18.2 Å². The number of para-hydroxylation sites is 1. The fraction of sp³-hybridized carbons (Fsp3) is 0.467. The molecule has 1 fully saturated rings. The first kappa shape index (κ1) is 16.0. The maximum atomic E-state index is 12.3. The predicted molar refractivity (Wildman–Crippen MR) is 85.9 cm³/mol. The zero-order valence-corrected chi connectivity index (χ0v) is 13.0. The van der Waals surface area contributed by atoms with E-state index in [-0.39, 0.29) is 6.54 Å².